The van der Waals surface area contributed by atoms with Crippen LogP contribution in [-0.2, 0) is 4.74 Å². The van der Waals surface area contributed by atoms with Gasteiger partial charge in [-0.1, -0.05) is 13.8 Å². The van der Waals surface area contributed by atoms with Crippen LogP contribution in [0.4, 0.5) is 5.82 Å². The molecule has 0 bridgehead atoms. The first kappa shape index (κ1) is 15.8. The van der Waals surface area contributed by atoms with Gasteiger partial charge in [0.15, 0.2) is 0 Å². The average Bonchev–Trinajstić information content (AvgIpc) is 2.55. The summed E-state index contributed by atoms with van der Waals surface area (Å²) in [6, 6.07) is 3.68. The van der Waals surface area contributed by atoms with Crippen molar-refractivity contribution in [3.05, 3.63) is 23.9 Å². The molecule has 0 aromatic carbocycles. The van der Waals surface area contributed by atoms with Crippen molar-refractivity contribution in [1.29, 1.82) is 0 Å². The number of amides is 1. The Morgan fingerprint density at radius 1 is 1.48 bits per heavy atom. The van der Waals surface area contributed by atoms with E-state index in [-0.39, 0.29) is 17.6 Å². The van der Waals surface area contributed by atoms with Gasteiger partial charge in [-0.2, -0.15) is 0 Å². The number of nitrogens with zero attached hydrogens (tertiary/aromatic N) is 1. The molecule has 1 aromatic heterocycles. The van der Waals surface area contributed by atoms with Crippen LogP contribution in [0.5, 0.6) is 0 Å². The van der Waals surface area contributed by atoms with Crippen LogP contribution in [0.2, 0.25) is 0 Å². The Kier molecular flexibility index (Phi) is 5.17. The fourth-order valence-corrected chi connectivity index (χ4v) is 2.87. The molecule has 1 saturated heterocycles. The lowest BCUT2D eigenvalue weighted by Crippen LogP contribution is -2.48. The molecule has 1 amide bonds. The minimum atomic E-state index is -0.0788. The van der Waals surface area contributed by atoms with Crippen molar-refractivity contribution in [3.63, 3.8) is 0 Å². The van der Waals surface area contributed by atoms with Gasteiger partial charge in [-0.3, -0.25) is 4.79 Å². The highest BCUT2D eigenvalue weighted by Crippen LogP contribution is 2.31. The Balaban J connectivity index is 2.01. The number of carbonyl (C=O) groups excluding carboxylic acids is 1. The third-order valence-electron chi connectivity index (χ3n) is 4.40. The second kappa shape index (κ2) is 6.89. The molecule has 2 heterocycles. The van der Waals surface area contributed by atoms with Gasteiger partial charge in [-0.05, 0) is 37.8 Å². The maximum absolute atomic E-state index is 12.4. The minimum Gasteiger partial charge on any atom is -0.375 e. The fraction of sp³-hybridized carbons (Fsp3) is 0.625. The molecule has 1 aromatic rings. The van der Waals surface area contributed by atoms with Gasteiger partial charge in [-0.25, -0.2) is 4.98 Å². The number of aromatic nitrogens is 1. The van der Waals surface area contributed by atoms with E-state index < -0.39 is 0 Å². The molecule has 5 heteroatoms. The lowest BCUT2D eigenvalue weighted by atomic mass is 9.86. The topological polar surface area (TPSA) is 63.2 Å². The van der Waals surface area contributed by atoms with Gasteiger partial charge in [0.05, 0.1) is 5.60 Å². The molecule has 21 heavy (non-hydrogen) atoms. The van der Waals surface area contributed by atoms with Gasteiger partial charge >= 0.3 is 0 Å². The van der Waals surface area contributed by atoms with E-state index in [0.29, 0.717) is 18.0 Å². The molecule has 2 rings (SSSR count). The smallest absolute Gasteiger partial charge is 0.251 e. The molecule has 1 fully saturated rings. The van der Waals surface area contributed by atoms with Gasteiger partial charge < -0.3 is 15.4 Å². The first-order valence-corrected chi connectivity index (χ1v) is 7.71. The van der Waals surface area contributed by atoms with E-state index in [4.69, 9.17) is 4.74 Å². The zero-order valence-electron chi connectivity index (χ0n) is 13.1. The molecule has 0 radical (unpaired) electrons. The monoisotopic (exact) mass is 291 g/mol. The van der Waals surface area contributed by atoms with Crippen LogP contribution < -0.4 is 10.6 Å². The summed E-state index contributed by atoms with van der Waals surface area (Å²) in [4.78, 5) is 16.5. The van der Waals surface area contributed by atoms with E-state index in [1.54, 1.807) is 25.4 Å². The number of anilines is 1. The minimum absolute atomic E-state index is 0.0399. The van der Waals surface area contributed by atoms with Crippen molar-refractivity contribution in [2.24, 2.45) is 0 Å². The number of pyridine rings is 1. The molecule has 1 unspecified atom stereocenters. The zero-order valence-corrected chi connectivity index (χ0v) is 13.1. The van der Waals surface area contributed by atoms with Crippen molar-refractivity contribution in [2.45, 2.75) is 51.2 Å². The van der Waals surface area contributed by atoms with Gasteiger partial charge in [0.2, 0.25) is 0 Å². The summed E-state index contributed by atoms with van der Waals surface area (Å²) in [5.74, 6) is 0.660. The summed E-state index contributed by atoms with van der Waals surface area (Å²) in [5, 5.41) is 6.08. The molecule has 1 atom stereocenters. The molecular formula is C16H25N3O2. The Hall–Kier alpha value is -1.62. The normalized spacial score (nSPS) is 20.8. The molecule has 0 spiro atoms. The van der Waals surface area contributed by atoms with Gasteiger partial charge in [-0.15, -0.1) is 0 Å². The first-order valence-electron chi connectivity index (χ1n) is 7.71. The molecule has 0 saturated carbocycles. The molecule has 116 valence electrons. The Bertz CT molecular complexity index is 486. The van der Waals surface area contributed by atoms with Crippen molar-refractivity contribution in [1.82, 2.24) is 10.3 Å². The Morgan fingerprint density at radius 3 is 2.90 bits per heavy atom. The summed E-state index contributed by atoms with van der Waals surface area (Å²) in [6.07, 6.45) is 5.37. The van der Waals surface area contributed by atoms with Crippen LogP contribution in [0.3, 0.4) is 0 Å². The van der Waals surface area contributed by atoms with E-state index in [9.17, 15) is 4.79 Å². The Morgan fingerprint density at radius 2 is 2.24 bits per heavy atom. The summed E-state index contributed by atoms with van der Waals surface area (Å²) < 4.78 is 5.95. The fourth-order valence-electron chi connectivity index (χ4n) is 2.87. The quantitative estimate of drug-likeness (QED) is 0.875. The first-order chi connectivity index (χ1) is 10.1. The number of hydrogen-bond acceptors (Lipinski definition) is 4. The molecular weight excluding hydrogens is 266 g/mol. The standard InChI is InChI=1S/C16H25N3O2/c1-4-16(5-2)11-13(7-9-21-16)19-15(20)12-6-8-18-14(10-12)17-3/h6,8,10,13H,4-5,7,9,11H2,1-3H3,(H,17,18)(H,19,20). The van der Waals surface area contributed by atoms with Crippen LogP contribution in [0.15, 0.2) is 18.3 Å². The molecule has 0 aliphatic carbocycles. The third kappa shape index (κ3) is 3.73. The molecule has 1 aliphatic heterocycles. The second-order valence-corrected chi connectivity index (χ2v) is 5.58. The SMILES string of the molecule is CCC1(CC)CC(NC(=O)c2ccnc(NC)c2)CCO1. The number of hydrogen-bond donors (Lipinski definition) is 2. The van der Waals surface area contributed by atoms with Crippen LogP contribution in [0.1, 0.15) is 49.9 Å². The highest BCUT2D eigenvalue weighted by molar-refractivity contribution is 5.95. The number of carbonyl (C=O) groups is 1. The largest absolute Gasteiger partial charge is 0.375 e. The second-order valence-electron chi connectivity index (χ2n) is 5.58. The van der Waals surface area contributed by atoms with Crippen LogP contribution in [0.25, 0.3) is 0 Å². The molecule has 2 N–H and O–H groups in total. The van der Waals surface area contributed by atoms with Crippen LogP contribution >= 0.6 is 0 Å². The maximum Gasteiger partial charge on any atom is 0.251 e. The van der Waals surface area contributed by atoms with Crippen molar-refractivity contribution in [2.75, 3.05) is 19.0 Å². The summed E-state index contributed by atoms with van der Waals surface area (Å²) in [6.45, 7) is 5.01. The maximum atomic E-state index is 12.4. The molecule has 1 aliphatic rings. The van der Waals surface area contributed by atoms with E-state index in [1.807, 2.05) is 0 Å². The zero-order chi connectivity index (χ0) is 15.3. The van der Waals surface area contributed by atoms with Crippen molar-refractivity contribution in [3.8, 4) is 0 Å². The summed E-state index contributed by atoms with van der Waals surface area (Å²) in [5.41, 5.74) is 0.560. The Labute approximate surface area is 126 Å². The number of ether oxygens (including phenoxy) is 1. The van der Waals surface area contributed by atoms with Crippen molar-refractivity contribution >= 4 is 11.7 Å². The van der Waals surface area contributed by atoms with E-state index in [0.717, 1.165) is 25.7 Å². The van der Waals surface area contributed by atoms with Crippen molar-refractivity contribution < 1.29 is 9.53 Å². The van der Waals surface area contributed by atoms with Crippen LogP contribution in [0, 0.1) is 0 Å². The van der Waals surface area contributed by atoms with Gasteiger partial charge in [0, 0.05) is 31.5 Å². The lowest BCUT2D eigenvalue weighted by molar-refractivity contribution is -0.0917. The van der Waals surface area contributed by atoms with Gasteiger partial charge in [0.25, 0.3) is 5.91 Å². The average molecular weight is 291 g/mol. The highest BCUT2D eigenvalue weighted by Gasteiger charge is 2.35. The third-order valence-corrected chi connectivity index (χ3v) is 4.40. The van der Waals surface area contributed by atoms with E-state index in [1.165, 1.54) is 0 Å². The summed E-state index contributed by atoms with van der Waals surface area (Å²) >= 11 is 0. The predicted octanol–water partition coefficient (Wildman–Crippen LogP) is 2.59. The van der Waals surface area contributed by atoms with E-state index in [2.05, 4.69) is 29.5 Å². The lowest BCUT2D eigenvalue weighted by Gasteiger charge is -2.40. The highest BCUT2D eigenvalue weighted by atomic mass is 16.5. The predicted molar refractivity (Wildman–Crippen MR) is 83.5 cm³/mol. The van der Waals surface area contributed by atoms with E-state index >= 15 is 0 Å². The number of rotatable bonds is 5. The number of nitrogens with one attached hydrogen (secondary N) is 2. The van der Waals surface area contributed by atoms with Crippen LogP contribution in [-0.4, -0.2) is 36.2 Å². The molecule has 5 nitrogen and oxygen atoms in total. The summed E-state index contributed by atoms with van der Waals surface area (Å²) in [7, 11) is 1.79. The van der Waals surface area contributed by atoms with Gasteiger partial charge in [0.1, 0.15) is 5.82 Å².